The number of aryl methyl sites for hydroxylation is 1. The Kier molecular flexibility index (Phi) is 7.30. The van der Waals surface area contributed by atoms with Crippen LogP contribution in [0.15, 0.2) is 79.1 Å². The average Bonchev–Trinajstić information content (AvgIpc) is 3.31. The van der Waals surface area contributed by atoms with E-state index >= 15 is 0 Å². The molecule has 35 heavy (non-hydrogen) atoms. The fourth-order valence-electron chi connectivity index (χ4n) is 3.74. The van der Waals surface area contributed by atoms with Crippen LogP contribution in [-0.4, -0.2) is 29.7 Å². The van der Waals surface area contributed by atoms with Gasteiger partial charge in [0, 0.05) is 25.0 Å². The van der Waals surface area contributed by atoms with E-state index in [0.29, 0.717) is 40.8 Å². The topological polar surface area (TPSA) is 74.6 Å². The Morgan fingerprint density at radius 3 is 2.34 bits per heavy atom. The van der Waals surface area contributed by atoms with Crippen LogP contribution in [0.2, 0.25) is 0 Å². The fraction of sp³-hybridized carbons (Fsp3) is 0.185. The van der Waals surface area contributed by atoms with E-state index < -0.39 is 17.8 Å². The maximum absolute atomic E-state index is 14.0. The van der Waals surface area contributed by atoms with E-state index in [0.717, 1.165) is 5.56 Å². The van der Waals surface area contributed by atoms with Gasteiger partial charge < -0.3 is 24.1 Å². The van der Waals surface area contributed by atoms with Gasteiger partial charge in [0.1, 0.15) is 24.3 Å². The molecule has 7 nitrogen and oxygen atoms in total. The molecule has 0 bridgehead atoms. The number of imidazole rings is 1. The minimum Gasteiger partial charge on any atom is -0.493 e. The minimum atomic E-state index is -0.677. The molecule has 0 spiro atoms. The van der Waals surface area contributed by atoms with Gasteiger partial charge in [0.15, 0.2) is 11.5 Å². The summed E-state index contributed by atoms with van der Waals surface area (Å²) in [5.41, 5.74) is 1.84. The van der Waals surface area contributed by atoms with E-state index in [1.54, 1.807) is 41.2 Å². The highest BCUT2D eigenvalue weighted by Crippen LogP contribution is 2.39. The molecular formula is C27H26FN3O4. The third-order valence-corrected chi connectivity index (χ3v) is 5.52. The molecule has 1 atom stereocenters. The molecule has 0 aliphatic carbocycles. The molecule has 0 radical (unpaired) electrons. The van der Waals surface area contributed by atoms with Crippen LogP contribution in [0.5, 0.6) is 17.2 Å². The normalized spacial score (nSPS) is 11.5. The van der Waals surface area contributed by atoms with Crippen LogP contribution < -0.4 is 19.5 Å². The second kappa shape index (κ2) is 10.7. The number of ether oxygens (including phenoxy) is 3. The first-order valence-corrected chi connectivity index (χ1v) is 11.0. The van der Waals surface area contributed by atoms with Crippen LogP contribution in [0.3, 0.4) is 0 Å². The number of hydrogen-bond donors (Lipinski definition) is 1. The van der Waals surface area contributed by atoms with Gasteiger partial charge in [-0.3, -0.25) is 4.79 Å². The fourth-order valence-corrected chi connectivity index (χ4v) is 3.74. The van der Waals surface area contributed by atoms with Crippen molar-refractivity contribution in [2.24, 2.45) is 7.05 Å². The predicted octanol–water partition coefficient (Wildman–Crippen LogP) is 4.67. The summed E-state index contributed by atoms with van der Waals surface area (Å²) in [5, 5.41) is 2.96. The summed E-state index contributed by atoms with van der Waals surface area (Å²) in [4.78, 5) is 17.7. The highest BCUT2D eigenvalue weighted by atomic mass is 19.1. The largest absolute Gasteiger partial charge is 0.493 e. The molecule has 0 unspecified atom stereocenters. The Hall–Kier alpha value is -4.33. The van der Waals surface area contributed by atoms with Crippen molar-refractivity contribution in [3.05, 3.63) is 107 Å². The zero-order valence-corrected chi connectivity index (χ0v) is 19.7. The molecule has 0 saturated heterocycles. The first kappa shape index (κ1) is 23.8. The van der Waals surface area contributed by atoms with E-state index in [-0.39, 0.29) is 0 Å². The van der Waals surface area contributed by atoms with E-state index in [2.05, 4.69) is 10.3 Å². The molecular weight excluding hydrogens is 449 g/mol. The van der Waals surface area contributed by atoms with Crippen LogP contribution in [-0.2, 0) is 13.7 Å². The SMILES string of the molecule is COc1cc(C(=O)N[C@H](c2cccc(F)c2)c2nccn2C)cc(OC)c1OCc1ccccc1. The monoisotopic (exact) mass is 475 g/mol. The van der Waals surface area contributed by atoms with Crippen LogP contribution in [0.25, 0.3) is 0 Å². The summed E-state index contributed by atoms with van der Waals surface area (Å²) in [6, 6.07) is 18.2. The molecule has 1 amide bonds. The lowest BCUT2D eigenvalue weighted by atomic mass is 10.0. The van der Waals surface area contributed by atoms with E-state index in [9.17, 15) is 9.18 Å². The lowest BCUT2D eigenvalue weighted by Gasteiger charge is -2.20. The number of halogens is 1. The van der Waals surface area contributed by atoms with Crippen molar-refractivity contribution in [2.45, 2.75) is 12.6 Å². The molecule has 4 aromatic rings. The molecule has 1 aromatic heterocycles. The van der Waals surface area contributed by atoms with Crippen LogP contribution in [0.1, 0.15) is 33.4 Å². The second-order valence-corrected chi connectivity index (χ2v) is 7.84. The number of carbonyl (C=O) groups excluding carboxylic acids is 1. The van der Waals surface area contributed by atoms with Crippen LogP contribution in [0.4, 0.5) is 4.39 Å². The second-order valence-electron chi connectivity index (χ2n) is 7.84. The quantitative estimate of drug-likeness (QED) is 0.381. The molecule has 0 saturated carbocycles. The smallest absolute Gasteiger partial charge is 0.252 e. The summed E-state index contributed by atoms with van der Waals surface area (Å²) < 4.78 is 32.8. The summed E-state index contributed by atoms with van der Waals surface area (Å²) in [7, 11) is 4.80. The number of hydrogen-bond acceptors (Lipinski definition) is 5. The maximum atomic E-state index is 14.0. The van der Waals surface area contributed by atoms with Gasteiger partial charge >= 0.3 is 0 Å². The maximum Gasteiger partial charge on any atom is 0.252 e. The molecule has 3 aromatic carbocycles. The van der Waals surface area contributed by atoms with Gasteiger partial charge in [-0.25, -0.2) is 9.37 Å². The first-order chi connectivity index (χ1) is 17.0. The van der Waals surface area contributed by atoms with Gasteiger partial charge in [-0.05, 0) is 35.4 Å². The molecule has 1 N–H and O–H groups in total. The molecule has 1 heterocycles. The zero-order valence-electron chi connectivity index (χ0n) is 19.7. The molecule has 0 fully saturated rings. The summed E-state index contributed by atoms with van der Waals surface area (Å²) in [6.07, 6.45) is 3.39. The Labute approximate surface area is 203 Å². The van der Waals surface area contributed by atoms with Crippen LogP contribution >= 0.6 is 0 Å². The number of amides is 1. The minimum absolute atomic E-state index is 0.293. The molecule has 0 aliphatic heterocycles. The highest BCUT2D eigenvalue weighted by Gasteiger charge is 2.24. The standard InChI is InChI=1S/C27H26FN3O4/c1-31-13-12-29-26(31)24(19-10-7-11-21(28)14-19)30-27(32)20-15-22(33-2)25(23(16-20)34-3)35-17-18-8-5-4-6-9-18/h4-16,24H,17H2,1-3H3,(H,30,32)/t24-/m1/s1. The van der Waals surface area contributed by atoms with Crippen molar-refractivity contribution in [2.75, 3.05) is 14.2 Å². The average molecular weight is 476 g/mol. The van der Waals surface area contributed by atoms with Crippen molar-refractivity contribution in [3.8, 4) is 17.2 Å². The predicted molar refractivity (Wildman–Crippen MR) is 129 cm³/mol. The molecule has 180 valence electrons. The van der Waals surface area contributed by atoms with Gasteiger partial charge in [0.05, 0.1) is 14.2 Å². The Morgan fingerprint density at radius 1 is 1.03 bits per heavy atom. The Morgan fingerprint density at radius 2 is 1.74 bits per heavy atom. The molecule has 4 rings (SSSR count). The van der Waals surface area contributed by atoms with E-state index in [1.165, 1.54) is 26.4 Å². The van der Waals surface area contributed by atoms with E-state index in [1.807, 2.05) is 37.4 Å². The van der Waals surface area contributed by atoms with E-state index in [4.69, 9.17) is 14.2 Å². The van der Waals surface area contributed by atoms with Gasteiger partial charge in [0.2, 0.25) is 5.75 Å². The number of nitrogens with one attached hydrogen (secondary N) is 1. The van der Waals surface area contributed by atoms with Crippen molar-refractivity contribution < 1.29 is 23.4 Å². The lowest BCUT2D eigenvalue weighted by Crippen LogP contribution is -2.31. The number of nitrogens with zero attached hydrogens (tertiary/aromatic N) is 2. The van der Waals surface area contributed by atoms with Crippen molar-refractivity contribution in [1.29, 1.82) is 0 Å². The van der Waals surface area contributed by atoms with Gasteiger partial charge in [-0.2, -0.15) is 0 Å². The van der Waals surface area contributed by atoms with Gasteiger partial charge in [0.25, 0.3) is 5.91 Å². The summed E-state index contributed by atoms with van der Waals surface area (Å²) in [5.74, 6) is 0.842. The van der Waals surface area contributed by atoms with Crippen molar-refractivity contribution in [3.63, 3.8) is 0 Å². The number of aromatic nitrogens is 2. The zero-order chi connectivity index (χ0) is 24.8. The summed E-state index contributed by atoms with van der Waals surface area (Å²) in [6.45, 7) is 0.305. The number of methoxy groups -OCH3 is 2. The van der Waals surface area contributed by atoms with Crippen LogP contribution in [0, 0.1) is 5.82 Å². The lowest BCUT2D eigenvalue weighted by molar-refractivity contribution is 0.0940. The Bertz CT molecular complexity index is 1280. The number of rotatable bonds is 9. The third kappa shape index (κ3) is 5.43. The van der Waals surface area contributed by atoms with Gasteiger partial charge in [-0.15, -0.1) is 0 Å². The van der Waals surface area contributed by atoms with Gasteiger partial charge in [-0.1, -0.05) is 42.5 Å². The number of benzene rings is 3. The molecule has 0 aliphatic rings. The summed E-state index contributed by atoms with van der Waals surface area (Å²) >= 11 is 0. The number of carbonyl (C=O) groups is 1. The molecule has 8 heteroatoms. The third-order valence-electron chi connectivity index (χ3n) is 5.52. The highest BCUT2D eigenvalue weighted by molar-refractivity contribution is 5.96. The first-order valence-electron chi connectivity index (χ1n) is 11.0. The van der Waals surface area contributed by atoms with Crippen molar-refractivity contribution >= 4 is 5.91 Å². The van der Waals surface area contributed by atoms with Crippen molar-refractivity contribution in [1.82, 2.24) is 14.9 Å². The Balaban J connectivity index is 1.64.